The van der Waals surface area contributed by atoms with Crippen molar-refractivity contribution in [1.82, 2.24) is 5.32 Å². The minimum Gasteiger partial charge on any atom is -0.354 e. The van der Waals surface area contributed by atoms with Gasteiger partial charge >= 0.3 is 0 Å². The van der Waals surface area contributed by atoms with Gasteiger partial charge in [-0.2, -0.15) is 0 Å². The van der Waals surface area contributed by atoms with E-state index in [9.17, 15) is 9.59 Å². The highest BCUT2D eigenvalue weighted by atomic mass is 16.1. The number of rotatable bonds is 9. The molecule has 0 aliphatic heterocycles. The second kappa shape index (κ2) is 10.2. The Labute approximate surface area is 86.3 Å². The van der Waals surface area contributed by atoms with Crippen molar-refractivity contribution in [3.63, 3.8) is 0 Å². The highest BCUT2D eigenvalue weighted by Crippen LogP contribution is 2.07. The van der Waals surface area contributed by atoms with Crippen LogP contribution in [-0.4, -0.2) is 12.2 Å². The van der Waals surface area contributed by atoms with E-state index in [4.69, 9.17) is 0 Å². The summed E-state index contributed by atoms with van der Waals surface area (Å²) >= 11 is 0. The van der Waals surface area contributed by atoms with E-state index < -0.39 is 0 Å². The van der Waals surface area contributed by atoms with Crippen LogP contribution >= 0.6 is 0 Å². The molecule has 0 spiro atoms. The zero-order valence-corrected chi connectivity index (χ0v) is 8.68. The topological polar surface area (TPSA) is 46.2 Å². The number of amides is 1. The van der Waals surface area contributed by atoms with Gasteiger partial charge in [-0.3, -0.25) is 9.59 Å². The van der Waals surface area contributed by atoms with Gasteiger partial charge in [0.2, 0.25) is 5.91 Å². The first kappa shape index (κ1) is 13.1. The third-order valence-electron chi connectivity index (χ3n) is 2.13. The van der Waals surface area contributed by atoms with Crippen LogP contribution in [-0.2, 0) is 9.59 Å². The lowest BCUT2D eigenvalue weighted by Gasteiger charge is -2.00. The van der Waals surface area contributed by atoms with E-state index in [0.717, 1.165) is 38.5 Å². The average molecular weight is 197 g/mol. The van der Waals surface area contributed by atoms with Crippen LogP contribution in [0.4, 0.5) is 0 Å². The Morgan fingerprint density at radius 3 is 2.21 bits per heavy atom. The summed E-state index contributed by atoms with van der Waals surface area (Å²) in [5.41, 5.74) is 0. The Morgan fingerprint density at radius 2 is 1.64 bits per heavy atom. The molecule has 0 rings (SSSR count). The van der Waals surface area contributed by atoms with Crippen LogP contribution in [0.3, 0.4) is 0 Å². The molecule has 1 amide bonds. The summed E-state index contributed by atoms with van der Waals surface area (Å²) in [6.07, 6.45) is 9.36. The third kappa shape index (κ3) is 9.23. The molecule has 3 heteroatoms. The average Bonchev–Trinajstić information content (AvgIpc) is 2.21. The van der Waals surface area contributed by atoms with Gasteiger partial charge in [-0.25, -0.2) is 0 Å². The van der Waals surface area contributed by atoms with Crippen molar-refractivity contribution in [3.8, 4) is 0 Å². The SMILES string of the molecule is [CH2]NC(=O)CCCCCCCC[C]=O. The standard InChI is InChI=1S/C11H19NO2/c1-12-11(14)9-7-5-3-2-4-6-8-10-13/h1-9H2,(H,12,14). The second-order valence-corrected chi connectivity index (χ2v) is 3.37. The maximum absolute atomic E-state index is 10.8. The van der Waals surface area contributed by atoms with Crippen molar-refractivity contribution in [3.05, 3.63) is 7.05 Å². The van der Waals surface area contributed by atoms with Crippen LogP contribution in [0.1, 0.15) is 51.4 Å². The second-order valence-electron chi connectivity index (χ2n) is 3.37. The predicted molar refractivity (Wildman–Crippen MR) is 56.1 cm³/mol. The maximum atomic E-state index is 10.8. The monoisotopic (exact) mass is 197 g/mol. The van der Waals surface area contributed by atoms with Gasteiger partial charge in [0.25, 0.3) is 0 Å². The minimum atomic E-state index is 0.0144. The summed E-state index contributed by atoms with van der Waals surface area (Å²) in [7, 11) is 3.30. The Kier molecular flexibility index (Phi) is 9.59. The first-order valence-corrected chi connectivity index (χ1v) is 5.22. The molecule has 0 unspecified atom stereocenters. The number of hydrogen-bond acceptors (Lipinski definition) is 2. The third-order valence-corrected chi connectivity index (χ3v) is 2.13. The molecule has 2 radical (unpaired) electrons. The van der Waals surface area contributed by atoms with E-state index in [1.807, 2.05) is 6.29 Å². The molecule has 0 aromatic rings. The largest absolute Gasteiger partial charge is 0.354 e. The van der Waals surface area contributed by atoms with Gasteiger partial charge in [-0.05, 0) is 12.8 Å². The van der Waals surface area contributed by atoms with E-state index in [1.54, 1.807) is 0 Å². The predicted octanol–water partition coefficient (Wildman–Crippen LogP) is 2.12. The smallest absolute Gasteiger partial charge is 0.220 e. The van der Waals surface area contributed by atoms with Gasteiger partial charge in [-0.15, -0.1) is 0 Å². The Morgan fingerprint density at radius 1 is 1.07 bits per heavy atom. The van der Waals surface area contributed by atoms with Crippen molar-refractivity contribution < 1.29 is 9.59 Å². The first-order chi connectivity index (χ1) is 6.81. The number of nitrogens with one attached hydrogen (secondary N) is 1. The van der Waals surface area contributed by atoms with Crippen LogP contribution < -0.4 is 5.32 Å². The van der Waals surface area contributed by atoms with Crippen molar-refractivity contribution in [2.24, 2.45) is 0 Å². The molecule has 0 atom stereocenters. The Hall–Kier alpha value is -0.860. The quantitative estimate of drug-likeness (QED) is 0.575. The molecule has 0 heterocycles. The van der Waals surface area contributed by atoms with Crippen LogP contribution in [0.5, 0.6) is 0 Å². The summed E-state index contributed by atoms with van der Waals surface area (Å²) in [4.78, 5) is 20.6. The first-order valence-electron chi connectivity index (χ1n) is 5.22. The molecule has 0 bridgehead atoms. The molecule has 0 aliphatic carbocycles. The van der Waals surface area contributed by atoms with Crippen LogP contribution in [0.15, 0.2) is 0 Å². The van der Waals surface area contributed by atoms with E-state index in [-0.39, 0.29) is 5.91 Å². The zero-order valence-electron chi connectivity index (χ0n) is 8.68. The van der Waals surface area contributed by atoms with Crippen molar-refractivity contribution >= 4 is 12.2 Å². The Balaban J connectivity index is 2.98. The summed E-state index contributed by atoms with van der Waals surface area (Å²) in [6, 6.07) is 0. The van der Waals surface area contributed by atoms with Gasteiger partial charge in [0.15, 0.2) is 6.29 Å². The number of carbonyl (C=O) groups is 1. The molecular formula is C11H19NO2. The van der Waals surface area contributed by atoms with Gasteiger partial charge in [0, 0.05) is 19.9 Å². The molecule has 1 N–H and O–H groups in total. The molecule has 0 saturated heterocycles. The van der Waals surface area contributed by atoms with Crippen LogP contribution in [0.25, 0.3) is 0 Å². The Bertz CT molecular complexity index is 157. The summed E-state index contributed by atoms with van der Waals surface area (Å²) < 4.78 is 0. The molecule has 3 nitrogen and oxygen atoms in total. The summed E-state index contributed by atoms with van der Waals surface area (Å²) in [6.45, 7) is 0. The van der Waals surface area contributed by atoms with Crippen LogP contribution in [0.2, 0.25) is 0 Å². The van der Waals surface area contributed by atoms with E-state index in [2.05, 4.69) is 12.4 Å². The fraction of sp³-hybridized carbons (Fsp3) is 0.727. The summed E-state index contributed by atoms with van der Waals surface area (Å²) in [5.74, 6) is 0.0144. The highest BCUT2D eigenvalue weighted by molar-refractivity contribution is 5.75. The molecule has 0 aromatic carbocycles. The lowest BCUT2D eigenvalue weighted by molar-refractivity contribution is -0.120. The number of carbonyl (C=O) groups excluding carboxylic acids is 2. The molecule has 80 valence electrons. The van der Waals surface area contributed by atoms with Gasteiger partial charge in [0.05, 0.1) is 0 Å². The lowest BCUT2D eigenvalue weighted by atomic mass is 10.1. The van der Waals surface area contributed by atoms with Crippen LogP contribution in [0, 0.1) is 7.05 Å². The van der Waals surface area contributed by atoms with Gasteiger partial charge in [-0.1, -0.05) is 25.7 Å². The number of hydrogen-bond donors (Lipinski definition) is 1. The fourth-order valence-corrected chi connectivity index (χ4v) is 1.28. The van der Waals surface area contributed by atoms with Crippen molar-refractivity contribution in [2.45, 2.75) is 51.4 Å². The van der Waals surface area contributed by atoms with Gasteiger partial charge < -0.3 is 5.32 Å². The van der Waals surface area contributed by atoms with Crippen molar-refractivity contribution in [2.75, 3.05) is 0 Å². The normalized spacial score (nSPS) is 9.79. The lowest BCUT2D eigenvalue weighted by Crippen LogP contribution is -2.14. The minimum absolute atomic E-state index is 0.0144. The summed E-state index contributed by atoms with van der Waals surface area (Å²) in [5, 5.41) is 2.35. The van der Waals surface area contributed by atoms with Gasteiger partial charge in [0.1, 0.15) is 0 Å². The van der Waals surface area contributed by atoms with E-state index in [1.165, 1.54) is 0 Å². The van der Waals surface area contributed by atoms with E-state index in [0.29, 0.717) is 12.8 Å². The molecule has 0 saturated carbocycles. The van der Waals surface area contributed by atoms with E-state index >= 15 is 0 Å². The molecule has 0 aromatic heterocycles. The number of unbranched alkanes of at least 4 members (excludes halogenated alkanes) is 6. The molecular weight excluding hydrogens is 178 g/mol. The molecule has 0 fully saturated rings. The van der Waals surface area contributed by atoms with Crippen molar-refractivity contribution in [1.29, 1.82) is 0 Å². The maximum Gasteiger partial charge on any atom is 0.220 e. The molecule has 14 heavy (non-hydrogen) atoms. The highest BCUT2D eigenvalue weighted by Gasteiger charge is 1.97. The fourth-order valence-electron chi connectivity index (χ4n) is 1.28. The zero-order chi connectivity index (χ0) is 10.6. The molecule has 0 aliphatic rings.